The van der Waals surface area contributed by atoms with Gasteiger partial charge in [-0.2, -0.15) is 0 Å². The standard InChI is InChI=1S/C62H106O6/c1-4-7-10-13-16-19-22-25-27-29-30-31-32-34-35-37-40-43-46-49-52-55-61(64)67-58-59(57-66-60(63)54-51-48-45-42-39-24-21-18-15-12-9-6-3)68-62(65)56-53-50-47-44-41-38-36-33-28-26-23-20-17-14-11-8-5-2/h8,11,17,20,22,25-26,28-30,36,38,44,47,59H,4-7,9-10,12-16,18-19,21,23-24,27,31-35,37,39-43,45-46,48-58H2,1-3H3/b11-8-,20-17-,25-22-,28-26-,30-29-,38-36-,47-44-. The smallest absolute Gasteiger partial charge is 0.306 e. The number of hydrogen-bond donors (Lipinski definition) is 0. The second kappa shape index (κ2) is 56.2. The number of ether oxygens (including phenoxy) is 3. The summed E-state index contributed by atoms with van der Waals surface area (Å²) >= 11 is 0. The fraction of sp³-hybridized carbons (Fsp3) is 0.726. The zero-order valence-corrected chi connectivity index (χ0v) is 44.6. The van der Waals surface area contributed by atoms with Crippen LogP contribution in [-0.2, 0) is 28.6 Å². The van der Waals surface area contributed by atoms with Gasteiger partial charge >= 0.3 is 17.9 Å². The number of unbranched alkanes of at least 4 members (excludes halogenated alkanes) is 26. The molecule has 0 aromatic rings. The number of allylic oxidation sites excluding steroid dienone is 14. The predicted molar refractivity (Wildman–Crippen MR) is 293 cm³/mol. The summed E-state index contributed by atoms with van der Waals surface area (Å²) in [7, 11) is 0. The third-order valence-electron chi connectivity index (χ3n) is 12.1. The Morgan fingerprint density at radius 1 is 0.309 bits per heavy atom. The van der Waals surface area contributed by atoms with Crippen LogP contribution in [0.1, 0.15) is 271 Å². The zero-order valence-electron chi connectivity index (χ0n) is 44.6. The highest BCUT2D eigenvalue weighted by Crippen LogP contribution is 2.15. The highest BCUT2D eigenvalue weighted by molar-refractivity contribution is 5.71. The van der Waals surface area contributed by atoms with Gasteiger partial charge in [0.15, 0.2) is 6.10 Å². The van der Waals surface area contributed by atoms with Crippen molar-refractivity contribution < 1.29 is 28.6 Å². The van der Waals surface area contributed by atoms with Crippen molar-refractivity contribution in [2.75, 3.05) is 13.2 Å². The van der Waals surface area contributed by atoms with Crippen LogP contribution >= 0.6 is 0 Å². The van der Waals surface area contributed by atoms with Crippen molar-refractivity contribution in [1.29, 1.82) is 0 Å². The molecule has 0 radical (unpaired) electrons. The van der Waals surface area contributed by atoms with Crippen molar-refractivity contribution in [3.63, 3.8) is 0 Å². The minimum atomic E-state index is -0.807. The van der Waals surface area contributed by atoms with Crippen LogP contribution in [0.4, 0.5) is 0 Å². The Morgan fingerprint density at radius 3 is 0.941 bits per heavy atom. The lowest BCUT2D eigenvalue weighted by Crippen LogP contribution is -2.30. The van der Waals surface area contributed by atoms with Crippen molar-refractivity contribution in [1.82, 2.24) is 0 Å². The lowest BCUT2D eigenvalue weighted by Gasteiger charge is -2.18. The molecule has 0 bridgehead atoms. The maximum Gasteiger partial charge on any atom is 0.306 e. The van der Waals surface area contributed by atoms with Gasteiger partial charge in [0, 0.05) is 19.3 Å². The fourth-order valence-electron chi connectivity index (χ4n) is 7.86. The van der Waals surface area contributed by atoms with Crippen LogP contribution in [0.2, 0.25) is 0 Å². The van der Waals surface area contributed by atoms with Crippen LogP contribution in [-0.4, -0.2) is 37.2 Å². The summed E-state index contributed by atoms with van der Waals surface area (Å²) in [6, 6.07) is 0. The minimum Gasteiger partial charge on any atom is -0.462 e. The first-order valence-corrected chi connectivity index (χ1v) is 28.6. The van der Waals surface area contributed by atoms with Gasteiger partial charge < -0.3 is 14.2 Å². The van der Waals surface area contributed by atoms with E-state index in [0.717, 1.165) is 83.5 Å². The van der Waals surface area contributed by atoms with Crippen LogP contribution < -0.4 is 0 Å². The summed E-state index contributed by atoms with van der Waals surface area (Å²) in [5, 5.41) is 0. The van der Waals surface area contributed by atoms with E-state index in [1.165, 1.54) is 141 Å². The molecule has 0 fully saturated rings. The van der Waals surface area contributed by atoms with E-state index in [1.54, 1.807) is 0 Å². The van der Waals surface area contributed by atoms with Gasteiger partial charge in [-0.15, -0.1) is 0 Å². The second-order valence-electron chi connectivity index (χ2n) is 18.8. The van der Waals surface area contributed by atoms with Crippen molar-refractivity contribution in [2.24, 2.45) is 0 Å². The van der Waals surface area contributed by atoms with Gasteiger partial charge in [-0.05, 0) is 89.9 Å². The summed E-state index contributed by atoms with van der Waals surface area (Å²) in [5.74, 6) is -0.957. The first-order valence-electron chi connectivity index (χ1n) is 28.6. The molecule has 0 N–H and O–H groups in total. The monoisotopic (exact) mass is 947 g/mol. The van der Waals surface area contributed by atoms with E-state index in [1.807, 2.05) is 0 Å². The summed E-state index contributed by atoms with van der Waals surface area (Å²) in [5.41, 5.74) is 0. The van der Waals surface area contributed by atoms with Crippen molar-refractivity contribution in [3.8, 4) is 0 Å². The van der Waals surface area contributed by atoms with Gasteiger partial charge in [-0.3, -0.25) is 14.4 Å². The maximum absolute atomic E-state index is 12.8. The van der Waals surface area contributed by atoms with Crippen molar-refractivity contribution in [2.45, 2.75) is 277 Å². The van der Waals surface area contributed by atoms with E-state index in [-0.39, 0.29) is 37.5 Å². The molecule has 0 aromatic heterocycles. The number of carbonyl (C=O) groups is 3. The molecule has 6 nitrogen and oxygen atoms in total. The third-order valence-corrected chi connectivity index (χ3v) is 12.1. The van der Waals surface area contributed by atoms with Crippen LogP contribution in [0.15, 0.2) is 85.1 Å². The molecule has 0 saturated carbocycles. The second-order valence-corrected chi connectivity index (χ2v) is 18.8. The molecule has 1 atom stereocenters. The van der Waals surface area contributed by atoms with Gasteiger partial charge in [0.1, 0.15) is 13.2 Å². The molecule has 0 saturated heterocycles. The third kappa shape index (κ3) is 53.5. The van der Waals surface area contributed by atoms with E-state index in [4.69, 9.17) is 14.2 Å². The van der Waals surface area contributed by atoms with Crippen LogP contribution in [0.3, 0.4) is 0 Å². The highest BCUT2D eigenvalue weighted by Gasteiger charge is 2.19. The zero-order chi connectivity index (χ0) is 49.3. The number of hydrogen-bond acceptors (Lipinski definition) is 6. The molecule has 0 aliphatic heterocycles. The largest absolute Gasteiger partial charge is 0.462 e. The summed E-state index contributed by atoms with van der Waals surface area (Å²) in [4.78, 5) is 38.1. The van der Waals surface area contributed by atoms with E-state index in [2.05, 4.69) is 106 Å². The average Bonchev–Trinajstić information content (AvgIpc) is 3.34. The Kier molecular flexibility index (Phi) is 53.4. The SMILES string of the molecule is CC/C=C\C/C=C\C/C=C\C/C=C\C/C=C\CCCC(=O)OC(COC(=O)CCCCCCCCCCC/C=C\C/C=C\CCCCCCC)COC(=O)CCCCCCCCCCCCCC. The molecule has 0 amide bonds. The average molecular weight is 948 g/mol. The topological polar surface area (TPSA) is 78.9 Å². The molecular formula is C62H106O6. The Morgan fingerprint density at radius 2 is 0.588 bits per heavy atom. The van der Waals surface area contributed by atoms with Gasteiger partial charge in [-0.1, -0.05) is 247 Å². The van der Waals surface area contributed by atoms with Crippen LogP contribution in [0, 0.1) is 0 Å². The Balaban J connectivity index is 4.42. The maximum atomic E-state index is 12.8. The van der Waals surface area contributed by atoms with Crippen molar-refractivity contribution >= 4 is 17.9 Å². The summed E-state index contributed by atoms with van der Waals surface area (Å²) < 4.78 is 16.8. The van der Waals surface area contributed by atoms with E-state index < -0.39 is 6.10 Å². The van der Waals surface area contributed by atoms with Gasteiger partial charge in [0.05, 0.1) is 0 Å². The molecule has 390 valence electrons. The number of esters is 3. The normalized spacial score (nSPS) is 12.7. The molecule has 1 unspecified atom stereocenters. The molecule has 0 rings (SSSR count). The Hall–Kier alpha value is -3.41. The Labute approximate surface area is 420 Å². The quantitative estimate of drug-likeness (QED) is 0.0262. The van der Waals surface area contributed by atoms with Crippen LogP contribution in [0.5, 0.6) is 0 Å². The Bertz CT molecular complexity index is 1320. The predicted octanol–water partition coefficient (Wildman–Crippen LogP) is 19.2. The molecule has 0 heterocycles. The molecule has 0 aliphatic carbocycles. The van der Waals surface area contributed by atoms with E-state index >= 15 is 0 Å². The van der Waals surface area contributed by atoms with Gasteiger partial charge in [-0.25, -0.2) is 0 Å². The molecule has 0 spiro atoms. The highest BCUT2D eigenvalue weighted by atomic mass is 16.6. The molecule has 0 aromatic carbocycles. The van der Waals surface area contributed by atoms with Gasteiger partial charge in [0.25, 0.3) is 0 Å². The van der Waals surface area contributed by atoms with E-state index in [9.17, 15) is 14.4 Å². The lowest BCUT2D eigenvalue weighted by molar-refractivity contribution is -0.167. The first-order chi connectivity index (χ1) is 33.5. The fourth-order valence-corrected chi connectivity index (χ4v) is 7.86. The number of carbonyl (C=O) groups excluding carboxylic acids is 3. The summed E-state index contributed by atoms with van der Waals surface area (Å²) in [6.45, 7) is 6.47. The molecule has 6 heteroatoms. The lowest BCUT2D eigenvalue weighted by atomic mass is 10.0. The number of rotatable bonds is 51. The van der Waals surface area contributed by atoms with Crippen molar-refractivity contribution in [3.05, 3.63) is 85.1 Å². The van der Waals surface area contributed by atoms with E-state index in [0.29, 0.717) is 19.3 Å². The van der Waals surface area contributed by atoms with Gasteiger partial charge in [0.2, 0.25) is 0 Å². The molecule has 68 heavy (non-hydrogen) atoms. The van der Waals surface area contributed by atoms with Crippen LogP contribution in [0.25, 0.3) is 0 Å². The first kappa shape index (κ1) is 64.6. The summed E-state index contributed by atoms with van der Waals surface area (Å²) in [6.07, 6.45) is 72.9. The minimum absolute atomic E-state index is 0.0987. The molecule has 0 aliphatic rings. The molecular weight excluding hydrogens is 841 g/mol.